The largest absolute Gasteiger partial charge is 0.464 e. The number of benzene rings is 1. The predicted molar refractivity (Wildman–Crippen MR) is 66.7 cm³/mol. The van der Waals surface area contributed by atoms with Crippen LogP contribution in [0.2, 0.25) is 0 Å². The van der Waals surface area contributed by atoms with Gasteiger partial charge in [-0.1, -0.05) is 18.2 Å². The average molecular weight is 231 g/mol. The number of rotatable bonds is 2. The van der Waals surface area contributed by atoms with Gasteiger partial charge >= 0.3 is 0 Å². The van der Waals surface area contributed by atoms with E-state index in [0.29, 0.717) is 12.5 Å². The van der Waals surface area contributed by atoms with Crippen LogP contribution in [-0.4, -0.2) is 13.2 Å². The van der Waals surface area contributed by atoms with Gasteiger partial charge in [0.15, 0.2) is 0 Å². The Labute approximate surface area is 101 Å². The molecule has 90 valence electrons. The smallest absolute Gasteiger partial charge is 0.134 e. The van der Waals surface area contributed by atoms with Crippen molar-refractivity contribution in [1.82, 2.24) is 0 Å². The summed E-state index contributed by atoms with van der Waals surface area (Å²) in [5.41, 5.74) is 7.91. The van der Waals surface area contributed by atoms with Gasteiger partial charge < -0.3 is 14.9 Å². The van der Waals surface area contributed by atoms with Crippen LogP contribution in [0.15, 0.2) is 34.9 Å². The maximum atomic E-state index is 5.89. The van der Waals surface area contributed by atoms with Gasteiger partial charge in [-0.15, -0.1) is 0 Å². The Kier molecular flexibility index (Phi) is 2.87. The number of hydrogen-bond acceptors (Lipinski definition) is 3. The number of fused-ring (bicyclic) bond motifs is 1. The molecule has 0 saturated carbocycles. The molecule has 0 amide bonds. The Morgan fingerprint density at radius 2 is 2.18 bits per heavy atom. The zero-order valence-electron chi connectivity index (χ0n) is 9.76. The van der Waals surface area contributed by atoms with E-state index in [4.69, 9.17) is 14.9 Å². The van der Waals surface area contributed by atoms with Crippen molar-refractivity contribution in [3.8, 4) is 0 Å². The molecule has 0 spiro atoms. The third kappa shape index (κ3) is 1.85. The fourth-order valence-electron chi connectivity index (χ4n) is 2.65. The molecule has 0 aliphatic carbocycles. The first-order valence-corrected chi connectivity index (χ1v) is 6.18. The summed E-state index contributed by atoms with van der Waals surface area (Å²) in [4.78, 5) is 0. The van der Waals surface area contributed by atoms with Crippen molar-refractivity contribution >= 4 is 11.0 Å². The molecule has 2 unspecified atom stereocenters. The van der Waals surface area contributed by atoms with Crippen molar-refractivity contribution in [1.29, 1.82) is 0 Å². The first-order valence-electron chi connectivity index (χ1n) is 6.18. The van der Waals surface area contributed by atoms with Gasteiger partial charge in [0.25, 0.3) is 0 Å². The summed E-state index contributed by atoms with van der Waals surface area (Å²) in [5, 5.41) is 1.15. The highest BCUT2D eigenvalue weighted by Crippen LogP contribution is 2.37. The summed E-state index contributed by atoms with van der Waals surface area (Å²) < 4.78 is 11.5. The van der Waals surface area contributed by atoms with Gasteiger partial charge in [0.05, 0.1) is 12.4 Å². The molecule has 2 atom stereocenters. The van der Waals surface area contributed by atoms with E-state index in [1.54, 1.807) is 0 Å². The van der Waals surface area contributed by atoms with Crippen LogP contribution >= 0.6 is 0 Å². The normalized spacial score (nSPS) is 25.2. The van der Waals surface area contributed by atoms with Crippen LogP contribution in [0.1, 0.15) is 24.5 Å². The third-order valence-corrected chi connectivity index (χ3v) is 3.57. The zero-order chi connectivity index (χ0) is 11.7. The molecular weight excluding hydrogens is 214 g/mol. The highest BCUT2D eigenvalue weighted by atomic mass is 16.5. The molecule has 1 aromatic heterocycles. The molecule has 0 bridgehead atoms. The van der Waals surface area contributed by atoms with E-state index < -0.39 is 0 Å². The fourth-order valence-corrected chi connectivity index (χ4v) is 2.65. The van der Waals surface area contributed by atoms with E-state index in [-0.39, 0.29) is 6.10 Å². The SMILES string of the molecule is NCC1CCCOC1c1coc2ccccc12. The minimum atomic E-state index is 0.0948. The van der Waals surface area contributed by atoms with Gasteiger partial charge in [-0.25, -0.2) is 0 Å². The Hall–Kier alpha value is -1.32. The molecule has 2 N–H and O–H groups in total. The maximum Gasteiger partial charge on any atom is 0.134 e. The Balaban J connectivity index is 2.01. The summed E-state index contributed by atoms with van der Waals surface area (Å²) in [6, 6.07) is 8.08. The van der Waals surface area contributed by atoms with Gasteiger partial charge in [0.2, 0.25) is 0 Å². The lowest BCUT2D eigenvalue weighted by Gasteiger charge is -2.30. The molecule has 1 fully saturated rings. The van der Waals surface area contributed by atoms with E-state index in [0.717, 1.165) is 36.0 Å². The van der Waals surface area contributed by atoms with Crippen LogP contribution in [0.5, 0.6) is 0 Å². The van der Waals surface area contributed by atoms with Gasteiger partial charge in [0.1, 0.15) is 5.58 Å². The number of furan rings is 1. The Bertz CT molecular complexity index is 506. The lowest BCUT2D eigenvalue weighted by Crippen LogP contribution is -2.28. The summed E-state index contributed by atoms with van der Waals surface area (Å²) in [5.74, 6) is 0.407. The fraction of sp³-hybridized carbons (Fsp3) is 0.429. The van der Waals surface area contributed by atoms with Crippen LogP contribution in [-0.2, 0) is 4.74 Å². The summed E-state index contributed by atoms with van der Waals surface area (Å²) in [6.07, 6.45) is 4.16. The second-order valence-corrected chi connectivity index (χ2v) is 4.62. The Morgan fingerprint density at radius 3 is 3.06 bits per heavy atom. The molecule has 1 saturated heterocycles. The second kappa shape index (κ2) is 4.51. The van der Waals surface area contributed by atoms with E-state index in [1.165, 1.54) is 0 Å². The summed E-state index contributed by atoms with van der Waals surface area (Å²) in [6.45, 7) is 1.49. The van der Waals surface area contributed by atoms with Crippen LogP contribution in [0.3, 0.4) is 0 Å². The van der Waals surface area contributed by atoms with Crippen molar-refractivity contribution in [2.45, 2.75) is 18.9 Å². The molecule has 17 heavy (non-hydrogen) atoms. The van der Waals surface area contributed by atoms with E-state index in [9.17, 15) is 0 Å². The molecule has 3 heteroatoms. The van der Waals surface area contributed by atoms with Crippen LogP contribution in [0.25, 0.3) is 11.0 Å². The van der Waals surface area contributed by atoms with E-state index in [2.05, 4.69) is 6.07 Å². The first kappa shape index (κ1) is 10.8. The minimum absolute atomic E-state index is 0.0948. The van der Waals surface area contributed by atoms with Crippen LogP contribution in [0, 0.1) is 5.92 Å². The van der Waals surface area contributed by atoms with Gasteiger partial charge in [0, 0.05) is 23.5 Å². The molecule has 0 radical (unpaired) electrons. The highest BCUT2D eigenvalue weighted by molar-refractivity contribution is 5.81. The lowest BCUT2D eigenvalue weighted by atomic mass is 9.89. The van der Waals surface area contributed by atoms with E-state index in [1.807, 2.05) is 24.5 Å². The van der Waals surface area contributed by atoms with Crippen LogP contribution in [0.4, 0.5) is 0 Å². The highest BCUT2D eigenvalue weighted by Gasteiger charge is 2.28. The van der Waals surface area contributed by atoms with Crippen molar-refractivity contribution in [3.05, 3.63) is 36.1 Å². The van der Waals surface area contributed by atoms with Gasteiger partial charge in [-0.05, 0) is 25.5 Å². The summed E-state index contributed by atoms with van der Waals surface area (Å²) in [7, 11) is 0. The maximum absolute atomic E-state index is 5.89. The third-order valence-electron chi connectivity index (χ3n) is 3.57. The first-order chi connectivity index (χ1) is 8.40. The van der Waals surface area contributed by atoms with Crippen molar-refractivity contribution in [3.63, 3.8) is 0 Å². The molecule has 2 heterocycles. The topological polar surface area (TPSA) is 48.4 Å². The minimum Gasteiger partial charge on any atom is -0.464 e. The Morgan fingerprint density at radius 1 is 1.29 bits per heavy atom. The lowest BCUT2D eigenvalue weighted by molar-refractivity contribution is -0.0247. The van der Waals surface area contributed by atoms with Crippen molar-refractivity contribution < 1.29 is 9.15 Å². The molecular formula is C14H17NO2. The molecule has 3 rings (SSSR count). The molecule has 1 aliphatic rings. The van der Waals surface area contributed by atoms with Crippen LogP contribution < -0.4 is 5.73 Å². The number of para-hydroxylation sites is 1. The monoisotopic (exact) mass is 231 g/mol. The standard InChI is InChI=1S/C14H17NO2/c15-8-10-4-3-7-16-14(10)12-9-17-13-6-2-1-5-11(12)13/h1-2,5-6,9-10,14H,3-4,7-8,15H2. The van der Waals surface area contributed by atoms with Crippen molar-refractivity contribution in [2.75, 3.05) is 13.2 Å². The summed E-state index contributed by atoms with van der Waals surface area (Å²) >= 11 is 0. The molecule has 1 aliphatic heterocycles. The number of nitrogens with two attached hydrogens (primary N) is 1. The predicted octanol–water partition coefficient (Wildman–Crippen LogP) is 2.86. The number of hydrogen-bond donors (Lipinski definition) is 1. The molecule has 1 aromatic carbocycles. The second-order valence-electron chi connectivity index (χ2n) is 4.62. The molecule has 3 nitrogen and oxygen atoms in total. The molecule has 2 aromatic rings. The average Bonchev–Trinajstić information content (AvgIpc) is 2.82. The quantitative estimate of drug-likeness (QED) is 0.864. The number of ether oxygens (including phenoxy) is 1. The van der Waals surface area contributed by atoms with Gasteiger partial charge in [-0.2, -0.15) is 0 Å². The van der Waals surface area contributed by atoms with Crippen molar-refractivity contribution in [2.24, 2.45) is 11.7 Å². The van der Waals surface area contributed by atoms with E-state index >= 15 is 0 Å². The van der Waals surface area contributed by atoms with Gasteiger partial charge in [-0.3, -0.25) is 0 Å². The zero-order valence-corrected chi connectivity index (χ0v) is 9.76.